The van der Waals surface area contributed by atoms with Crippen LogP contribution in [0.3, 0.4) is 0 Å². The summed E-state index contributed by atoms with van der Waals surface area (Å²) in [6.45, 7) is 6.89. The molecule has 3 rings (SSSR count). The van der Waals surface area contributed by atoms with Gasteiger partial charge in [0.25, 0.3) is 0 Å². The molecule has 0 radical (unpaired) electrons. The zero-order chi connectivity index (χ0) is 10.5. The average Bonchev–Trinajstić information content (AvgIpc) is 2.71. The van der Waals surface area contributed by atoms with Gasteiger partial charge in [-0.3, -0.25) is 0 Å². The highest BCUT2D eigenvalue weighted by molar-refractivity contribution is 5.34. The molecule has 0 atom stereocenters. The zero-order valence-corrected chi connectivity index (χ0v) is 9.45. The minimum atomic E-state index is 0.565. The van der Waals surface area contributed by atoms with Gasteiger partial charge in [-0.15, -0.1) is 0 Å². The van der Waals surface area contributed by atoms with E-state index in [1.807, 2.05) is 6.20 Å². The molecule has 0 bridgehead atoms. The number of aromatic amines is 1. The first kappa shape index (κ1) is 9.21. The molecular weight excluding hydrogens is 188 g/mol. The second-order valence-electron chi connectivity index (χ2n) is 5.23. The van der Waals surface area contributed by atoms with Gasteiger partial charge < -0.3 is 14.8 Å². The number of likely N-dealkylation sites (tertiary alicyclic amines) is 1. The standard InChI is InChI=1S/C11H18N4/c1-9-5-12-10(13-9)15-4-3-11(8-15)6-14(2)7-11/h5H,3-4,6-8H2,1-2H3,(H,12,13). The summed E-state index contributed by atoms with van der Waals surface area (Å²) >= 11 is 0. The largest absolute Gasteiger partial charge is 0.342 e. The number of imidazole rings is 1. The van der Waals surface area contributed by atoms with Crippen LogP contribution < -0.4 is 4.90 Å². The van der Waals surface area contributed by atoms with E-state index in [1.54, 1.807) is 0 Å². The predicted octanol–water partition coefficient (Wildman–Crippen LogP) is 0.860. The summed E-state index contributed by atoms with van der Waals surface area (Å²) in [6, 6.07) is 0. The van der Waals surface area contributed by atoms with Crippen LogP contribution in [0.25, 0.3) is 0 Å². The van der Waals surface area contributed by atoms with Gasteiger partial charge in [0, 0.05) is 43.5 Å². The number of H-pyrrole nitrogens is 1. The highest BCUT2D eigenvalue weighted by Crippen LogP contribution is 2.39. The van der Waals surface area contributed by atoms with Crippen molar-refractivity contribution in [1.29, 1.82) is 0 Å². The first-order valence-electron chi connectivity index (χ1n) is 5.62. The van der Waals surface area contributed by atoms with E-state index in [4.69, 9.17) is 0 Å². The van der Waals surface area contributed by atoms with Gasteiger partial charge in [-0.2, -0.15) is 0 Å². The number of hydrogen-bond donors (Lipinski definition) is 1. The Hall–Kier alpha value is -1.03. The monoisotopic (exact) mass is 206 g/mol. The summed E-state index contributed by atoms with van der Waals surface area (Å²) in [6.07, 6.45) is 3.23. The second kappa shape index (κ2) is 2.98. The third-order valence-corrected chi connectivity index (χ3v) is 3.64. The number of nitrogens with zero attached hydrogens (tertiary/aromatic N) is 3. The summed E-state index contributed by atoms with van der Waals surface area (Å²) in [5, 5.41) is 0. The van der Waals surface area contributed by atoms with Gasteiger partial charge in [-0.25, -0.2) is 4.98 Å². The molecule has 1 N–H and O–H groups in total. The molecule has 4 nitrogen and oxygen atoms in total. The van der Waals surface area contributed by atoms with Crippen LogP contribution in [0.4, 0.5) is 5.95 Å². The normalized spacial score (nSPS) is 24.8. The SMILES string of the molecule is Cc1cnc(N2CCC3(CN(C)C3)C2)[nH]1. The van der Waals surface area contributed by atoms with Gasteiger partial charge in [0.1, 0.15) is 0 Å². The molecule has 0 amide bonds. The fourth-order valence-electron chi connectivity index (χ4n) is 3.03. The van der Waals surface area contributed by atoms with Gasteiger partial charge >= 0.3 is 0 Å². The molecule has 1 spiro atoms. The van der Waals surface area contributed by atoms with Crippen molar-refractivity contribution in [2.75, 3.05) is 38.1 Å². The third kappa shape index (κ3) is 1.44. The Morgan fingerprint density at radius 1 is 1.40 bits per heavy atom. The third-order valence-electron chi connectivity index (χ3n) is 3.64. The lowest BCUT2D eigenvalue weighted by molar-refractivity contribution is 0.0424. The molecule has 0 aliphatic carbocycles. The van der Waals surface area contributed by atoms with Crippen molar-refractivity contribution in [3.63, 3.8) is 0 Å². The quantitative estimate of drug-likeness (QED) is 0.740. The molecule has 2 aliphatic heterocycles. The molecule has 2 aliphatic rings. The smallest absolute Gasteiger partial charge is 0.202 e. The predicted molar refractivity (Wildman–Crippen MR) is 60.1 cm³/mol. The van der Waals surface area contributed by atoms with E-state index in [0.717, 1.165) is 18.2 Å². The van der Waals surface area contributed by atoms with Gasteiger partial charge in [0.15, 0.2) is 0 Å². The lowest BCUT2D eigenvalue weighted by Crippen LogP contribution is -2.55. The van der Waals surface area contributed by atoms with Gasteiger partial charge in [0.05, 0.1) is 0 Å². The average molecular weight is 206 g/mol. The first-order chi connectivity index (χ1) is 7.17. The molecule has 4 heteroatoms. The molecule has 3 heterocycles. The summed E-state index contributed by atoms with van der Waals surface area (Å²) in [5.74, 6) is 1.05. The van der Waals surface area contributed by atoms with Crippen molar-refractivity contribution in [2.45, 2.75) is 13.3 Å². The van der Waals surface area contributed by atoms with Gasteiger partial charge in [-0.1, -0.05) is 0 Å². The molecule has 1 aromatic rings. The van der Waals surface area contributed by atoms with E-state index < -0.39 is 0 Å². The number of rotatable bonds is 1. The van der Waals surface area contributed by atoms with Crippen LogP contribution >= 0.6 is 0 Å². The maximum Gasteiger partial charge on any atom is 0.202 e. The number of hydrogen-bond acceptors (Lipinski definition) is 3. The molecule has 0 aromatic carbocycles. The Morgan fingerprint density at radius 2 is 2.20 bits per heavy atom. The van der Waals surface area contributed by atoms with Crippen molar-refractivity contribution in [1.82, 2.24) is 14.9 Å². The fraction of sp³-hybridized carbons (Fsp3) is 0.727. The topological polar surface area (TPSA) is 35.2 Å². The minimum Gasteiger partial charge on any atom is -0.342 e. The summed E-state index contributed by atoms with van der Waals surface area (Å²) in [4.78, 5) is 12.5. The first-order valence-corrected chi connectivity index (χ1v) is 5.62. The van der Waals surface area contributed by atoms with Crippen molar-refractivity contribution in [2.24, 2.45) is 5.41 Å². The Kier molecular flexibility index (Phi) is 1.83. The number of aromatic nitrogens is 2. The van der Waals surface area contributed by atoms with Crippen LogP contribution in [0.1, 0.15) is 12.1 Å². The lowest BCUT2D eigenvalue weighted by Gasteiger charge is -2.46. The highest BCUT2D eigenvalue weighted by atomic mass is 15.3. The maximum absolute atomic E-state index is 4.40. The van der Waals surface area contributed by atoms with E-state index in [2.05, 4.69) is 33.7 Å². The molecule has 82 valence electrons. The Morgan fingerprint density at radius 3 is 2.80 bits per heavy atom. The maximum atomic E-state index is 4.40. The van der Waals surface area contributed by atoms with Crippen LogP contribution in [0.2, 0.25) is 0 Å². The van der Waals surface area contributed by atoms with Crippen LogP contribution in [0, 0.1) is 12.3 Å². The summed E-state index contributed by atoms with van der Waals surface area (Å²) in [7, 11) is 2.20. The molecule has 0 unspecified atom stereocenters. The van der Waals surface area contributed by atoms with Crippen molar-refractivity contribution >= 4 is 5.95 Å². The molecule has 0 saturated carbocycles. The fourth-order valence-corrected chi connectivity index (χ4v) is 3.03. The van der Waals surface area contributed by atoms with Crippen molar-refractivity contribution < 1.29 is 0 Å². The number of anilines is 1. The van der Waals surface area contributed by atoms with Crippen LogP contribution in [0.5, 0.6) is 0 Å². The van der Waals surface area contributed by atoms with Gasteiger partial charge in [0.2, 0.25) is 5.95 Å². The van der Waals surface area contributed by atoms with E-state index in [1.165, 1.54) is 26.1 Å². The number of aryl methyl sites for hydroxylation is 1. The summed E-state index contributed by atoms with van der Waals surface area (Å²) < 4.78 is 0. The van der Waals surface area contributed by atoms with E-state index >= 15 is 0 Å². The molecule has 2 saturated heterocycles. The Bertz CT molecular complexity index is 364. The lowest BCUT2D eigenvalue weighted by atomic mass is 9.79. The number of nitrogens with one attached hydrogen (secondary N) is 1. The van der Waals surface area contributed by atoms with Crippen molar-refractivity contribution in [3.05, 3.63) is 11.9 Å². The van der Waals surface area contributed by atoms with E-state index in [9.17, 15) is 0 Å². The Balaban J connectivity index is 1.71. The molecular formula is C11H18N4. The zero-order valence-electron chi connectivity index (χ0n) is 9.45. The van der Waals surface area contributed by atoms with Gasteiger partial charge in [-0.05, 0) is 20.4 Å². The molecule has 15 heavy (non-hydrogen) atoms. The Labute approximate surface area is 90.3 Å². The molecule has 1 aromatic heterocycles. The minimum absolute atomic E-state index is 0.565. The second-order valence-corrected chi connectivity index (χ2v) is 5.23. The highest BCUT2D eigenvalue weighted by Gasteiger charge is 2.46. The van der Waals surface area contributed by atoms with E-state index in [-0.39, 0.29) is 0 Å². The van der Waals surface area contributed by atoms with E-state index in [0.29, 0.717) is 5.41 Å². The van der Waals surface area contributed by atoms with Crippen molar-refractivity contribution in [3.8, 4) is 0 Å². The van der Waals surface area contributed by atoms with Crippen LogP contribution in [-0.4, -0.2) is 48.1 Å². The van der Waals surface area contributed by atoms with Crippen LogP contribution in [0.15, 0.2) is 6.20 Å². The summed E-state index contributed by atoms with van der Waals surface area (Å²) in [5.41, 5.74) is 1.71. The van der Waals surface area contributed by atoms with Crippen LogP contribution in [-0.2, 0) is 0 Å². The molecule has 2 fully saturated rings.